The average Bonchev–Trinajstić information content (AvgIpc) is 2.65. The molecule has 0 spiro atoms. The molecule has 0 unspecified atom stereocenters. The fraction of sp³-hybridized carbons (Fsp3) is 0.333. The molecule has 1 aliphatic rings. The Kier molecular flexibility index (Phi) is 3.85. The van der Waals surface area contributed by atoms with Crippen LogP contribution < -0.4 is 5.32 Å². The number of aromatic nitrogens is 1. The van der Waals surface area contributed by atoms with E-state index in [0.717, 1.165) is 36.1 Å². The molecule has 0 radical (unpaired) electrons. The number of benzene rings is 1. The Morgan fingerprint density at radius 2 is 2.15 bits per heavy atom. The Hall–Kier alpha value is -1.65. The van der Waals surface area contributed by atoms with E-state index < -0.39 is 0 Å². The van der Waals surface area contributed by atoms with Gasteiger partial charge >= 0.3 is 0 Å². The minimum atomic E-state index is 0.121. The van der Waals surface area contributed by atoms with Gasteiger partial charge in [0.2, 0.25) is 5.91 Å². The standard InChI is InChI=1S/C15H16ClN3O/c16-15-12(9-11-3-1-2-4-13(11)18-15)10-19-7-5-14(20)17-6-8-19/h1-4,9H,5-8,10H2,(H,17,20). The Labute approximate surface area is 122 Å². The zero-order valence-corrected chi connectivity index (χ0v) is 11.9. The number of hydrogen-bond donors (Lipinski definition) is 1. The van der Waals surface area contributed by atoms with Crippen LogP contribution in [-0.4, -0.2) is 35.4 Å². The van der Waals surface area contributed by atoms with Gasteiger partial charge in [-0.2, -0.15) is 0 Å². The van der Waals surface area contributed by atoms with E-state index in [1.165, 1.54) is 0 Å². The first kappa shape index (κ1) is 13.3. The fourth-order valence-electron chi connectivity index (χ4n) is 2.46. The zero-order valence-electron chi connectivity index (χ0n) is 11.1. The van der Waals surface area contributed by atoms with E-state index >= 15 is 0 Å². The van der Waals surface area contributed by atoms with Gasteiger partial charge in [-0.05, 0) is 12.1 Å². The smallest absolute Gasteiger partial charge is 0.221 e. The Morgan fingerprint density at radius 1 is 1.30 bits per heavy atom. The van der Waals surface area contributed by atoms with E-state index in [2.05, 4.69) is 21.3 Å². The Balaban J connectivity index is 1.83. The van der Waals surface area contributed by atoms with E-state index in [1.54, 1.807) is 0 Å². The molecule has 1 fully saturated rings. The Morgan fingerprint density at radius 3 is 3.05 bits per heavy atom. The fourth-order valence-corrected chi connectivity index (χ4v) is 2.66. The summed E-state index contributed by atoms with van der Waals surface area (Å²) in [6, 6.07) is 10.0. The van der Waals surface area contributed by atoms with Gasteiger partial charge in [0.05, 0.1) is 5.52 Å². The molecule has 2 aromatic rings. The number of amides is 1. The Bertz CT molecular complexity index is 644. The van der Waals surface area contributed by atoms with Gasteiger partial charge in [0, 0.05) is 43.5 Å². The van der Waals surface area contributed by atoms with E-state index in [-0.39, 0.29) is 5.91 Å². The molecule has 3 rings (SSSR count). The number of nitrogens with one attached hydrogen (secondary N) is 1. The van der Waals surface area contributed by atoms with Gasteiger partial charge in [-0.25, -0.2) is 4.98 Å². The first-order valence-corrected chi connectivity index (χ1v) is 7.13. The first-order valence-electron chi connectivity index (χ1n) is 6.75. The predicted octanol–water partition coefficient (Wildman–Crippen LogP) is 2.21. The largest absolute Gasteiger partial charge is 0.355 e. The van der Waals surface area contributed by atoms with Crippen LogP contribution >= 0.6 is 11.6 Å². The van der Waals surface area contributed by atoms with Gasteiger partial charge in [-0.1, -0.05) is 29.8 Å². The van der Waals surface area contributed by atoms with Crippen molar-refractivity contribution in [2.24, 2.45) is 0 Å². The maximum atomic E-state index is 11.3. The molecule has 5 heteroatoms. The maximum Gasteiger partial charge on any atom is 0.221 e. The molecule has 1 amide bonds. The number of carbonyl (C=O) groups is 1. The summed E-state index contributed by atoms with van der Waals surface area (Å²) in [5.74, 6) is 0.121. The number of carbonyl (C=O) groups excluding carboxylic acids is 1. The van der Waals surface area contributed by atoms with Crippen molar-refractivity contribution in [1.82, 2.24) is 15.2 Å². The lowest BCUT2D eigenvalue weighted by molar-refractivity contribution is -0.120. The molecule has 1 N–H and O–H groups in total. The van der Waals surface area contributed by atoms with E-state index in [4.69, 9.17) is 11.6 Å². The summed E-state index contributed by atoms with van der Waals surface area (Å²) in [6.07, 6.45) is 0.540. The average molecular weight is 290 g/mol. The van der Waals surface area contributed by atoms with Crippen LogP contribution in [0, 0.1) is 0 Å². The van der Waals surface area contributed by atoms with Gasteiger partial charge in [0.1, 0.15) is 5.15 Å². The molecule has 1 aromatic carbocycles. The van der Waals surface area contributed by atoms with Gasteiger partial charge in [-0.3, -0.25) is 9.69 Å². The molecule has 4 nitrogen and oxygen atoms in total. The maximum absolute atomic E-state index is 11.3. The highest BCUT2D eigenvalue weighted by Gasteiger charge is 2.15. The summed E-state index contributed by atoms with van der Waals surface area (Å²) in [6.45, 7) is 3.02. The second kappa shape index (κ2) is 5.77. The van der Waals surface area contributed by atoms with Gasteiger partial charge in [0.25, 0.3) is 0 Å². The van der Waals surface area contributed by atoms with E-state index in [1.807, 2.05) is 24.3 Å². The van der Waals surface area contributed by atoms with E-state index in [9.17, 15) is 4.79 Å². The van der Waals surface area contributed by atoms with Crippen molar-refractivity contribution in [3.8, 4) is 0 Å². The number of nitrogens with zero attached hydrogens (tertiary/aromatic N) is 2. The summed E-state index contributed by atoms with van der Waals surface area (Å²) in [7, 11) is 0. The van der Waals surface area contributed by atoms with Crippen molar-refractivity contribution in [2.45, 2.75) is 13.0 Å². The third-order valence-corrected chi connectivity index (χ3v) is 3.88. The molecule has 104 valence electrons. The lowest BCUT2D eigenvalue weighted by Crippen LogP contribution is -2.28. The molecule has 0 atom stereocenters. The molecular formula is C15H16ClN3O. The minimum Gasteiger partial charge on any atom is -0.355 e. The van der Waals surface area contributed by atoms with Crippen LogP contribution in [0.1, 0.15) is 12.0 Å². The summed E-state index contributed by atoms with van der Waals surface area (Å²) in [5, 5.41) is 4.52. The summed E-state index contributed by atoms with van der Waals surface area (Å²) >= 11 is 6.27. The molecule has 20 heavy (non-hydrogen) atoms. The van der Waals surface area contributed by atoms with Crippen molar-refractivity contribution >= 4 is 28.4 Å². The highest BCUT2D eigenvalue weighted by molar-refractivity contribution is 6.30. The van der Waals surface area contributed by atoms with Crippen molar-refractivity contribution in [2.75, 3.05) is 19.6 Å². The molecule has 0 aliphatic carbocycles. The summed E-state index contributed by atoms with van der Waals surface area (Å²) < 4.78 is 0. The molecule has 0 saturated carbocycles. The number of rotatable bonds is 2. The van der Waals surface area contributed by atoms with E-state index in [0.29, 0.717) is 18.1 Å². The van der Waals surface area contributed by atoms with Crippen molar-refractivity contribution < 1.29 is 4.79 Å². The van der Waals surface area contributed by atoms with Crippen LogP contribution in [0.25, 0.3) is 10.9 Å². The molecule has 2 heterocycles. The van der Waals surface area contributed by atoms with Crippen LogP contribution in [-0.2, 0) is 11.3 Å². The lowest BCUT2D eigenvalue weighted by atomic mass is 10.1. The lowest BCUT2D eigenvalue weighted by Gasteiger charge is -2.19. The third kappa shape index (κ3) is 2.92. The number of pyridine rings is 1. The van der Waals surface area contributed by atoms with Gasteiger partial charge in [0.15, 0.2) is 0 Å². The van der Waals surface area contributed by atoms with Crippen molar-refractivity contribution in [3.05, 3.63) is 41.0 Å². The second-order valence-corrected chi connectivity index (χ2v) is 5.37. The SMILES string of the molecule is O=C1CCN(Cc2cc3ccccc3nc2Cl)CCN1. The van der Waals surface area contributed by atoms with Crippen LogP contribution in [0.5, 0.6) is 0 Å². The van der Waals surface area contributed by atoms with Gasteiger partial charge < -0.3 is 5.32 Å². The second-order valence-electron chi connectivity index (χ2n) is 5.01. The number of fused-ring (bicyclic) bond motifs is 1. The van der Waals surface area contributed by atoms with Crippen LogP contribution in [0.3, 0.4) is 0 Å². The first-order chi connectivity index (χ1) is 9.72. The quantitative estimate of drug-likeness (QED) is 0.862. The highest BCUT2D eigenvalue weighted by Crippen LogP contribution is 2.22. The number of para-hydroxylation sites is 1. The molecule has 0 bridgehead atoms. The van der Waals surface area contributed by atoms with Crippen molar-refractivity contribution in [3.63, 3.8) is 0 Å². The zero-order chi connectivity index (χ0) is 13.9. The summed E-state index contributed by atoms with van der Waals surface area (Å²) in [4.78, 5) is 18.0. The topological polar surface area (TPSA) is 45.2 Å². The molecule has 1 aliphatic heterocycles. The predicted molar refractivity (Wildman–Crippen MR) is 79.7 cm³/mol. The number of halogens is 1. The monoisotopic (exact) mass is 289 g/mol. The molecule has 1 aromatic heterocycles. The molecular weight excluding hydrogens is 274 g/mol. The highest BCUT2D eigenvalue weighted by atomic mass is 35.5. The van der Waals surface area contributed by atoms with Crippen molar-refractivity contribution in [1.29, 1.82) is 0 Å². The number of hydrogen-bond acceptors (Lipinski definition) is 3. The van der Waals surface area contributed by atoms with Crippen LogP contribution in [0.4, 0.5) is 0 Å². The third-order valence-electron chi connectivity index (χ3n) is 3.55. The summed E-state index contributed by atoms with van der Waals surface area (Å²) in [5.41, 5.74) is 1.92. The molecule has 1 saturated heterocycles. The minimum absolute atomic E-state index is 0.121. The normalized spacial score (nSPS) is 16.9. The van der Waals surface area contributed by atoms with Crippen LogP contribution in [0.15, 0.2) is 30.3 Å². The van der Waals surface area contributed by atoms with Gasteiger partial charge in [-0.15, -0.1) is 0 Å². The van der Waals surface area contributed by atoms with Crippen LogP contribution in [0.2, 0.25) is 5.15 Å².